The van der Waals surface area contributed by atoms with Crippen molar-refractivity contribution in [3.05, 3.63) is 83.3 Å². The lowest BCUT2D eigenvalue weighted by Crippen LogP contribution is -3.12. The van der Waals surface area contributed by atoms with Gasteiger partial charge in [0, 0.05) is 11.0 Å². The zero-order chi connectivity index (χ0) is 22.0. The molecule has 4 rings (SSSR count). The maximum atomic E-state index is 13.4. The van der Waals surface area contributed by atoms with E-state index in [0.29, 0.717) is 18.7 Å². The fraction of sp³-hybridized carbons (Fsp3) is 0.280. The smallest absolute Gasteiger partial charge is 0.240 e. The normalized spacial score (nSPS) is 16.7. The van der Waals surface area contributed by atoms with Gasteiger partial charge in [0.05, 0.1) is 32.2 Å². The van der Waals surface area contributed by atoms with E-state index in [9.17, 15) is 14.7 Å². The molecule has 2 aromatic carbocycles. The average molecular weight is 418 g/mol. The number of rotatable bonds is 8. The number of furan rings is 1. The molecule has 1 atom stereocenters. The number of likely N-dealkylation sites (N-methyl/N-ethyl adjacent to an activating group) is 1. The van der Waals surface area contributed by atoms with E-state index in [0.717, 1.165) is 24.0 Å². The zero-order valence-corrected chi connectivity index (χ0v) is 17.8. The van der Waals surface area contributed by atoms with E-state index >= 15 is 0 Å². The molecular weight excluding hydrogens is 392 g/mol. The van der Waals surface area contributed by atoms with Crippen LogP contribution in [-0.2, 0) is 4.79 Å². The lowest BCUT2D eigenvalue weighted by molar-refractivity contribution is -0.895. The molecular formula is C25H26N2O4. The Morgan fingerprint density at radius 1 is 1.06 bits per heavy atom. The molecule has 1 aliphatic rings. The molecule has 1 aliphatic heterocycles. The molecule has 0 fully saturated rings. The first kappa shape index (κ1) is 20.9. The van der Waals surface area contributed by atoms with Crippen molar-refractivity contribution in [3.63, 3.8) is 0 Å². The van der Waals surface area contributed by atoms with E-state index in [1.807, 2.05) is 48.5 Å². The highest BCUT2D eigenvalue weighted by Gasteiger charge is 2.40. The van der Waals surface area contributed by atoms with Crippen molar-refractivity contribution in [1.29, 1.82) is 0 Å². The molecule has 0 bridgehead atoms. The van der Waals surface area contributed by atoms with Gasteiger partial charge in [-0.25, -0.2) is 0 Å². The van der Waals surface area contributed by atoms with Crippen molar-refractivity contribution in [1.82, 2.24) is 4.90 Å². The summed E-state index contributed by atoms with van der Waals surface area (Å²) in [7, 11) is 0. The van der Waals surface area contributed by atoms with Crippen LogP contribution in [0.4, 0.5) is 0 Å². The topological polar surface area (TPSA) is 78.0 Å². The van der Waals surface area contributed by atoms with E-state index in [2.05, 4.69) is 13.8 Å². The van der Waals surface area contributed by atoms with E-state index in [1.165, 1.54) is 4.90 Å². The second-order valence-electron chi connectivity index (χ2n) is 7.74. The minimum atomic E-state index is -0.742. The summed E-state index contributed by atoms with van der Waals surface area (Å²) in [5.41, 5.74) is 1.28. The van der Waals surface area contributed by atoms with Gasteiger partial charge in [0.15, 0.2) is 5.76 Å². The van der Waals surface area contributed by atoms with Gasteiger partial charge in [0.2, 0.25) is 11.7 Å². The van der Waals surface area contributed by atoms with Crippen LogP contribution >= 0.6 is 0 Å². The number of hydrogen-bond donors (Lipinski definition) is 1. The number of hydrogen-bond acceptors (Lipinski definition) is 4. The molecule has 31 heavy (non-hydrogen) atoms. The van der Waals surface area contributed by atoms with Crippen LogP contribution in [0.2, 0.25) is 0 Å². The number of carbonyl (C=O) groups is 2. The number of fused-ring (bicyclic) bond motifs is 1. The Morgan fingerprint density at radius 3 is 2.42 bits per heavy atom. The zero-order valence-electron chi connectivity index (χ0n) is 17.8. The molecule has 0 radical (unpaired) electrons. The number of benzene rings is 2. The third-order valence-electron chi connectivity index (χ3n) is 6.00. The summed E-state index contributed by atoms with van der Waals surface area (Å²) in [6, 6.07) is 17.5. The molecule has 6 nitrogen and oxygen atoms in total. The highest BCUT2D eigenvalue weighted by atomic mass is 16.3. The molecule has 0 saturated carbocycles. The number of para-hydroxylation sites is 1. The van der Waals surface area contributed by atoms with Crippen LogP contribution in [0.25, 0.3) is 11.0 Å². The summed E-state index contributed by atoms with van der Waals surface area (Å²) in [5.74, 6) is -1.82. The Kier molecular flexibility index (Phi) is 5.91. The van der Waals surface area contributed by atoms with Crippen LogP contribution in [-0.4, -0.2) is 42.8 Å². The third-order valence-corrected chi connectivity index (χ3v) is 6.00. The summed E-state index contributed by atoms with van der Waals surface area (Å²) in [6.07, 6.45) is 0. The number of Topliss-reactive ketones (excluding diaryl/α,β-unsaturated/α-hetero) is 1. The van der Waals surface area contributed by atoms with Crippen LogP contribution in [0, 0.1) is 0 Å². The maximum Gasteiger partial charge on any atom is 0.240 e. The molecule has 6 heteroatoms. The van der Waals surface area contributed by atoms with Crippen LogP contribution < -0.4 is 10.0 Å². The van der Waals surface area contributed by atoms with Crippen LogP contribution in [0.5, 0.6) is 0 Å². The number of carbonyl (C=O) groups excluding carboxylic acids is 2. The van der Waals surface area contributed by atoms with Gasteiger partial charge >= 0.3 is 0 Å². The molecule has 1 unspecified atom stereocenters. The van der Waals surface area contributed by atoms with Crippen LogP contribution in [0.3, 0.4) is 0 Å². The fourth-order valence-corrected chi connectivity index (χ4v) is 4.19. The van der Waals surface area contributed by atoms with Gasteiger partial charge < -0.3 is 19.3 Å². The van der Waals surface area contributed by atoms with Crippen molar-refractivity contribution in [2.24, 2.45) is 0 Å². The Balaban J connectivity index is 1.73. The molecule has 1 amide bonds. The highest BCUT2D eigenvalue weighted by Crippen LogP contribution is 2.38. The number of nitrogens with zero attached hydrogens (tertiary/aromatic N) is 1. The van der Waals surface area contributed by atoms with E-state index < -0.39 is 23.5 Å². The van der Waals surface area contributed by atoms with Gasteiger partial charge in [0.25, 0.3) is 0 Å². The highest BCUT2D eigenvalue weighted by molar-refractivity contribution is 6.15. The monoisotopic (exact) mass is 418 g/mol. The Labute approximate surface area is 181 Å². The van der Waals surface area contributed by atoms with Crippen molar-refractivity contribution in [3.8, 4) is 0 Å². The third kappa shape index (κ3) is 3.86. The summed E-state index contributed by atoms with van der Waals surface area (Å²) >= 11 is 0. The van der Waals surface area contributed by atoms with E-state index in [1.54, 1.807) is 17.0 Å². The second-order valence-corrected chi connectivity index (χ2v) is 7.74. The maximum absolute atomic E-state index is 13.4. The molecule has 3 aromatic rings. The van der Waals surface area contributed by atoms with Crippen molar-refractivity contribution >= 4 is 22.7 Å². The molecule has 1 N–H and O–H groups in total. The van der Waals surface area contributed by atoms with Crippen LogP contribution in [0.1, 0.15) is 36.0 Å². The van der Waals surface area contributed by atoms with Gasteiger partial charge in [-0.2, -0.15) is 0 Å². The Hall–Kier alpha value is -3.38. The SMILES string of the molecule is CC[NH+](CC)CCN1C(=O)C([O-])=C(C(=O)c2cc3ccccc3o2)C1c1ccccc1. The summed E-state index contributed by atoms with van der Waals surface area (Å²) in [5, 5.41) is 13.8. The van der Waals surface area contributed by atoms with E-state index in [-0.39, 0.29) is 11.3 Å². The average Bonchev–Trinajstić information content (AvgIpc) is 3.34. The Bertz CT molecular complexity index is 1100. The summed E-state index contributed by atoms with van der Waals surface area (Å²) < 4.78 is 5.72. The van der Waals surface area contributed by atoms with Crippen molar-refractivity contribution < 1.29 is 24.0 Å². The van der Waals surface area contributed by atoms with Gasteiger partial charge in [-0.05, 0) is 37.3 Å². The fourth-order valence-electron chi connectivity index (χ4n) is 4.19. The lowest BCUT2D eigenvalue weighted by Gasteiger charge is -2.28. The predicted octanol–water partition coefficient (Wildman–Crippen LogP) is 1.74. The number of nitrogens with one attached hydrogen (secondary N) is 1. The van der Waals surface area contributed by atoms with Gasteiger partial charge in [-0.1, -0.05) is 48.5 Å². The molecule has 0 spiro atoms. The molecule has 0 aliphatic carbocycles. The number of amides is 1. The minimum Gasteiger partial charge on any atom is -0.868 e. The van der Waals surface area contributed by atoms with Crippen LogP contribution in [0.15, 0.2) is 76.4 Å². The summed E-state index contributed by atoms with van der Waals surface area (Å²) in [4.78, 5) is 29.2. The quantitative estimate of drug-likeness (QED) is 0.566. The standard InChI is InChI=1S/C25H26N2O4/c1-3-26(4-2)14-15-27-22(17-10-6-5-7-11-17)21(24(29)25(27)30)23(28)20-16-18-12-8-9-13-19(18)31-20/h5-13,16,22,29H,3-4,14-15H2,1-2H3. The van der Waals surface area contributed by atoms with Gasteiger partial charge in [-0.15, -0.1) is 0 Å². The first-order valence-electron chi connectivity index (χ1n) is 10.7. The number of quaternary nitrogens is 1. The molecule has 2 heterocycles. The largest absolute Gasteiger partial charge is 0.868 e. The predicted molar refractivity (Wildman–Crippen MR) is 115 cm³/mol. The molecule has 160 valence electrons. The molecule has 0 saturated heterocycles. The first-order chi connectivity index (χ1) is 15.0. The van der Waals surface area contributed by atoms with Gasteiger partial charge in [0.1, 0.15) is 5.58 Å². The first-order valence-corrected chi connectivity index (χ1v) is 10.7. The lowest BCUT2D eigenvalue weighted by atomic mass is 9.95. The molecule has 1 aromatic heterocycles. The van der Waals surface area contributed by atoms with Crippen molar-refractivity contribution in [2.75, 3.05) is 26.2 Å². The Morgan fingerprint density at radius 2 is 1.74 bits per heavy atom. The minimum absolute atomic E-state index is 0.0372. The number of ketones is 1. The second kappa shape index (κ2) is 8.78. The van der Waals surface area contributed by atoms with Gasteiger partial charge in [-0.3, -0.25) is 9.59 Å². The van der Waals surface area contributed by atoms with Crippen molar-refractivity contribution in [2.45, 2.75) is 19.9 Å². The van der Waals surface area contributed by atoms with E-state index in [4.69, 9.17) is 4.42 Å². The summed E-state index contributed by atoms with van der Waals surface area (Å²) in [6.45, 7) is 7.15.